The fourth-order valence-electron chi connectivity index (χ4n) is 5.20. The van der Waals surface area contributed by atoms with Crippen molar-refractivity contribution in [2.24, 2.45) is 5.41 Å². The number of hydrogen-bond donors (Lipinski definition) is 0. The van der Waals surface area contributed by atoms with Gasteiger partial charge in [-0.2, -0.15) is 0 Å². The van der Waals surface area contributed by atoms with E-state index in [0.29, 0.717) is 17.5 Å². The molecule has 0 radical (unpaired) electrons. The number of esters is 1. The van der Waals surface area contributed by atoms with Crippen LogP contribution in [0.1, 0.15) is 44.7 Å². The zero-order valence-corrected chi connectivity index (χ0v) is 20.8. The third-order valence-electron chi connectivity index (χ3n) is 6.94. The number of nitrogens with zero attached hydrogens (tertiary/aromatic N) is 1. The highest BCUT2D eigenvalue weighted by Gasteiger charge is 2.32. The Hall–Kier alpha value is -2.50. The van der Waals surface area contributed by atoms with Gasteiger partial charge in [-0.25, -0.2) is 0 Å². The minimum atomic E-state index is -0.560. The molecule has 0 saturated carbocycles. The van der Waals surface area contributed by atoms with Crippen LogP contribution in [0.2, 0.25) is 0 Å². The summed E-state index contributed by atoms with van der Waals surface area (Å²) in [6, 6.07) is 10.8. The molecule has 0 amide bonds. The molecule has 0 spiro atoms. The van der Waals surface area contributed by atoms with Gasteiger partial charge < -0.3 is 14.2 Å². The maximum absolute atomic E-state index is 12.5. The molecule has 2 heterocycles. The quantitative estimate of drug-likeness (QED) is 0.271. The Morgan fingerprint density at radius 2 is 1.61 bits per heavy atom. The number of hydrogen-bond acceptors (Lipinski definition) is 5. The second-order valence-corrected chi connectivity index (χ2v) is 10.0. The van der Waals surface area contributed by atoms with Gasteiger partial charge in [0.25, 0.3) is 0 Å². The normalized spacial score (nSPS) is 17.9. The van der Waals surface area contributed by atoms with Gasteiger partial charge in [0.05, 0.1) is 19.6 Å². The molecule has 3 aromatic carbocycles. The van der Waals surface area contributed by atoms with Crippen LogP contribution < -0.4 is 14.2 Å². The van der Waals surface area contributed by atoms with Crippen molar-refractivity contribution in [2.45, 2.75) is 52.6 Å². The highest BCUT2D eigenvalue weighted by Crippen LogP contribution is 2.44. The smallest absolute Gasteiger partial charge is 0.316 e. The van der Waals surface area contributed by atoms with Crippen molar-refractivity contribution in [3.8, 4) is 17.2 Å². The van der Waals surface area contributed by atoms with E-state index in [9.17, 15) is 4.79 Å². The van der Waals surface area contributed by atoms with E-state index in [0.717, 1.165) is 29.5 Å². The standard InChI is InChI=1S/C27H31NO4.ClH/c1-27(2,3)26(29)32-17-8-9-18-19-11-16-7-6-10-28(16)15-23(19)22-14-25(31-5)24(30-4)13-21(22)20(18)12-17;/h8-9,12-14,16H,6-7,10-11,15H2,1-5H3;1H/t16-;/m0./s1. The predicted molar refractivity (Wildman–Crippen MR) is 134 cm³/mol. The topological polar surface area (TPSA) is 48.0 Å². The Balaban J connectivity index is 0.00000259. The largest absolute Gasteiger partial charge is 0.493 e. The molecule has 0 unspecified atom stereocenters. The van der Waals surface area contributed by atoms with Crippen molar-refractivity contribution in [1.82, 2.24) is 4.90 Å². The molecule has 0 aromatic heterocycles. The van der Waals surface area contributed by atoms with Crippen LogP contribution in [0.4, 0.5) is 0 Å². The molecule has 1 fully saturated rings. The Kier molecular flexibility index (Phi) is 6.23. The fourth-order valence-corrected chi connectivity index (χ4v) is 5.20. The minimum absolute atomic E-state index is 0. The van der Waals surface area contributed by atoms with Gasteiger partial charge in [-0.1, -0.05) is 6.07 Å². The highest BCUT2D eigenvalue weighted by atomic mass is 35.5. The lowest BCUT2D eigenvalue weighted by Gasteiger charge is -2.33. The Morgan fingerprint density at radius 3 is 2.27 bits per heavy atom. The summed E-state index contributed by atoms with van der Waals surface area (Å²) < 4.78 is 17.0. The van der Waals surface area contributed by atoms with E-state index in [-0.39, 0.29) is 18.4 Å². The van der Waals surface area contributed by atoms with E-state index < -0.39 is 5.41 Å². The number of halogens is 1. The van der Waals surface area contributed by atoms with Crippen LogP contribution in [0, 0.1) is 5.41 Å². The van der Waals surface area contributed by atoms with Crippen LogP contribution in [0.15, 0.2) is 30.3 Å². The first-order valence-corrected chi connectivity index (χ1v) is 11.4. The van der Waals surface area contributed by atoms with Crippen molar-refractivity contribution in [2.75, 3.05) is 20.8 Å². The van der Waals surface area contributed by atoms with Gasteiger partial charge in [0.15, 0.2) is 11.5 Å². The average molecular weight is 470 g/mol. The maximum Gasteiger partial charge on any atom is 0.316 e. The van der Waals surface area contributed by atoms with Crippen LogP contribution in [0.5, 0.6) is 17.2 Å². The second-order valence-electron chi connectivity index (χ2n) is 10.0. The van der Waals surface area contributed by atoms with Gasteiger partial charge in [-0.3, -0.25) is 9.69 Å². The number of carbonyl (C=O) groups is 1. The summed E-state index contributed by atoms with van der Waals surface area (Å²) in [5, 5.41) is 4.62. The van der Waals surface area contributed by atoms with Gasteiger partial charge in [0, 0.05) is 12.6 Å². The van der Waals surface area contributed by atoms with Gasteiger partial charge >= 0.3 is 5.97 Å². The van der Waals surface area contributed by atoms with Crippen LogP contribution >= 0.6 is 12.4 Å². The molecule has 1 atom stereocenters. The van der Waals surface area contributed by atoms with E-state index in [2.05, 4.69) is 23.1 Å². The molecule has 3 aromatic rings. The van der Waals surface area contributed by atoms with Crippen molar-refractivity contribution in [3.05, 3.63) is 41.5 Å². The second kappa shape index (κ2) is 8.69. The minimum Gasteiger partial charge on any atom is -0.493 e. The molecule has 6 heteroatoms. The Morgan fingerprint density at radius 1 is 0.939 bits per heavy atom. The molecular formula is C27H32ClNO4. The van der Waals surface area contributed by atoms with E-state index in [1.807, 2.05) is 32.9 Å². The zero-order chi connectivity index (χ0) is 22.6. The molecule has 5 nitrogen and oxygen atoms in total. The molecular weight excluding hydrogens is 438 g/mol. The van der Waals surface area contributed by atoms with Crippen LogP contribution in [0.25, 0.3) is 21.5 Å². The number of rotatable bonds is 3. The van der Waals surface area contributed by atoms with Gasteiger partial charge in [0.2, 0.25) is 0 Å². The average Bonchev–Trinajstić information content (AvgIpc) is 3.24. The summed E-state index contributed by atoms with van der Waals surface area (Å²) in [4.78, 5) is 15.1. The number of benzene rings is 3. The van der Waals surface area contributed by atoms with Crippen LogP contribution in [-0.4, -0.2) is 37.7 Å². The number of fused-ring (bicyclic) bond motifs is 7. The van der Waals surface area contributed by atoms with E-state index in [1.165, 1.54) is 41.3 Å². The Bertz CT molecular complexity index is 1230. The van der Waals surface area contributed by atoms with Crippen molar-refractivity contribution in [3.63, 3.8) is 0 Å². The summed E-state index contributed by atoms with van der Waals surface area (Å²) in [5.41, 5.74) is 2.23. The lowest BCUT2D eigenvalue weighted by atomic mass is 9.85. The van der Waals surface area contributed by atoms with Gasteiger partial charge in [-0.05, 0) is 104 Å². The highest BCUT2D eigenvalue weighted by molar-refractivity contribution is 6.12. The number of ether oxygens (including phenoxy) is 3. The van der Waals surface area contributed by atoms with Gasteiger partial charge in [-0.15, -0.1) is 12.4 Å². The molecule has 176 valence electrons. The van der Waals surface area contributed by atoms with Crippen molar-refractivity contribution in [1.29, 1.82) is 0 Å². The summed E-state index contributed by atoms with van der Waals surface area (Å²) in [6.07, 6.45) is 3.57. The molecule has 2 aliphatic heterocycles. The van der Waals surface area contributed by atoms with Crippen LogP contribution in [-0.2, 0) is 17.8 Å². The molecule has 2 aliphatic rings. The summed E-state index contributed by atoms with van der Waals surface area (Å²) in [5.74, 6) is 1.78. The summed E-state index contributed by atoms with van der Waals surface area (Å²) in [7, 11) is 3.34. The lowest BCUT2D eigenvalue weighted by molar-refractivity contribution is -0.142. The van der Waals surface area contributed by atoms with Gasteiger partial charge in [0.1, 0.15) is 5.75 Å². The lowest BCUT2D eigenvalue weighted by Crippen LogP contribution is -2.35. The maximum atomic E-state index is 12.5. The Labute approximate surface area is 201 Å². The third kappa shape index (κ3) is 4.02. The molecule has 33 heavy (non-hydrogen) atoms. The number of methoxy groups -OCH3 is 2. The molecule has 0 N–H and O–H groups in total. The first-order chi connectivity index (χ1) is 15.3. The van der Waals surface area contributed by atoms with Crippen LogP contribution in [0.3, 0.4) is 0 Å². The SMILES string of the molecule is COc1cc2c3c(c4ccc(OC(=O)C(C)(C)C)cc4c2cc1OC)C[C@@H]1CCCN1C3.Cl. The van der Waals surface area contributed by atoms with Crippen molar-refractivity contribution >= 4 is 39.9 Å². The molecule has 5 rings (SSSR count). The third-order valence-corrected chi connectivity index (χ3v) is 6.94. The summed E-state index contributed by atoms with van der Waals surface area (Å²) >= 11 is 0. The first-order valence-electron chi connectivity index (χ1n) is 11.4. The zero-order valence-electron chi connectivity index (χ0n) is 20.0. The first kappa shape index (κ1) is 23.7. The number of carbonyl (C=O) groups excluding carboxylic acids is 1. The molecule has 0 aliphatic carbocycles. The van der Waals surface area contributed by atoms with E-state index in [1.54, 1.807) is 14.2 Å². The van der Waals surface area contributed by atoms with E-state index >= 15 is 0 Å². The monoisotopic (exact) mass is 469 g/mol. The molecule has 1 saturated heterocycles. The predicted octanol–water partition coefficient (Wildman–Crippen LogP) is 5.90. The van der Waals surface area contributed by atoms with E-state index in [4.69, 9.17) is 14.2 Å². The molecule has 0 bridgehead atoms. The van der Waals surface area contributed by atoms with Crippen molar-refractivity contribution < 1.29 is 19.0 Å². The fraction of sp³-hybridized carbons (Fsp3) is 0.444. The summed E-state index contributed by atoms with van der Waals surface area (Å²) in [6.45, 7) is 7.73.